The first kappa shape index (κ1) is 21.2. The molecule has 2 unspecified atom stereocenters. The smallest absolute Gasteiger partial charge is 0.330 e. The van der Waals surface area contributed by atoms with E-state index >= 15 is 0 Å². The Bertz CT molecular complexity index is 823. The molecule has 1 aliphatic heterocycles. The maximum atomic E-state index is 13.3. The Morgan fingerprint density at radius 2 is 1.79 bits per heavy atom. The van der Waals surface area contributed by atoms with E-state index in [-0.39, 0.29) is 23.4 Å². The molecule has 1 fully saturated rings. The summed E-state index contributed by atoms with van der Waals surface area (Å²) >= 11 is 1.64. The quantitative estimate of drug-likeness (QED) is 0.638. The van der Waals surface area contributed by atoms with Gasteiger partial charge in [-0.15, -0.1) is 11.8 Å². The molecule has 2 aromatic carbocycles. The van der Waals surface area contributed by atoms with E-state index in [4.69, 9.17) is 9.47 Å². The molecule has 0 saturated carbocycles. The molecular weight excluding hydrogens is 386 g/mol. The number of benzene rings is 2. The van der Waals surface area contributed by atoms with Gasteiger partial charge in [-0.3, -0.25) is 4.79 Å². The van der Waals surface area contributed by atoms with E-state index in [9.17, 15) is 9.59 Å². The summed E-state index contributed by atoms with van der Waals surface area (Å²) in [4.78, 5) is 27.7. The van der Waals surface area contributed by atoms with E-state index in [1.165, 1.54) is 5.56 Å². The number of thioether (sulfide) groups is 1. The highest BCUT2D eigenvalue weighted by Gasteiger charge is 2.42. The molecule has 0 radical (unpaired) electrons. The van der Waals surface area contributed by atoms with E-state index in [0.29, 0.717) is 17.1 Å². The molecule has 6 heteroatoms. The highest BCUT2D eigenvalue weighted by Crippen LogP contribution is 2.34. The third kappa shape index (κ3) is 5.32. The van der Waals surface area contributed by atoms with Gasteiger partial charge in [-0.05, 0) is 56.5 Å². The second kappa shape index (κ2) is 9.83. The molecule has 2 aromatic rings. The van der Waals surface area contributed by atoms with E-state index in [2.05, 4.69) is 12.1 Å². The third-order valence-electron chi connectivity index (χ3n) is 4.81. The maximum absolute atomic E-state index is 13.3. The molecule has 0 bridgehead atoms. The number of carbonyl (C=O) groups is 2. The lowest BCUT2D eigenvalue weighted by Gasteiger charge is -2.29. The Kier molecular flexibility index (Phi) is 7.20. The molecule has 29 heavy (non-hydrogen) atoms. The summed E-state index contributed by atoms with van der Waals surface area (Å²) in [5.41, 5.74) is 1.76. The molecule has 154 valence electrons. The number of aryl methyl sites for hydroxylation is 1. The summed E-state index contributed by atoms with van der Waals surface area (Å²) in [6.45, 7) is 3.64. The maximum Gasteiger partial charge on any atom is 0.330 e. The lowest BCUT2D eigenvalue weighted by molar-refractivity contribution is -0.151. The fourth-order valence-electron chi connectivity index (χ4n) is 3.37. The van der Waals surface area contributed by atoms with Crippen molar-refractivity contribution in [2.75, 3.05) is 12.9 Å². The SMILES string of the molecule is COc1ccc(C(=O)N2C(CCc3ccccc3)SCC2C(=O)OC(C)C)cc1. The largest absolute Gasteiger partial charge is 0.497 e. The van der Waals surface area contributed by atoms with Crippen LogP contribution in [0.2, 0.25) is 0 Å². The van der Waals surface area contributed by atoms with Crippen LogP contribution < -0.4 is 4.74 Å². The highest BCUT2D eigenvalue weighted by atomic mass is 32.2. The zero-order valence-electron chi connectivity index (χ0n) is 17.0. The Hall–Kier alpha value is -2.47. The zero-order chi connectivity index (χ0) is 20.8. The van der Waals surface area contributed by atoms with Crippen LogP contribution in [0.25, 0.3) is 0 Å². The number of amides is 1. The first-order valence-electron chi connectivity index (χ1n) is 9.82. The predicted molar refractivity (Wildman–Crippen MR) is 115 cm³/mol. The van der Waals surface area contributed by atoms with Gasteiger partial charge >= 0.3 is 5.97 Å². The summed E-state index contributed by atoms with van der Waals surface area (Å²) in [5, 5.41) is -0.0745. The second-order valence-electron chi connectivity index (χ2n) is 7.25. The minimum absolute atomic E-state index is 0.0745. The fraction of sp³-hybridized carbons (Fsp3) is 0.391. The molecule has 0 spiro atoms. The average Bonchev–Trinajstić information content (AvgIpc) is 3.16. The Morgan fingerprint density at radius 1 is 1.10 bits per heavy atom. The number of hydrogen-bond acceptors (Lipinski definition) is 5. The minimum atomic E-state index is -0.572. The number of ether oxygens (including phenoxy) is 2. The molecule has 1 heterocycles. The van der Waals surface area contributed by atoms with Crippen molar-refractivity contribution in [3.63, 3.8) is 0 Å². The number of carbonyl (C=O) groups excluding carboxylic acids is 2. The van der Waals surface area contributed by atoms with Gasteiger partial charge in [0.2, 0.25) is 0 Å². The lowest BCUT2D eigenvalue weighted by atomic mass is 10.1. The normalized spacial score (nSPS) is 18.7. The van der Waals surface area contributed by atoms with Crippen molar-refractivity contribution in [1.29, 1.82) is 0 Å². The van der Waals surface area contributed by atoms with Gasteiger partial charge in [0.15, 0.2) is 0 Å². The minimum Gasteiger partial charge on any atom is -0.497 e. The Balaban J connectivity index is 1.80. The van der Waals surface area contributed by atoms with Crippen molar-refractivity contribution in [2.45, 2.75) is 44.2 Å². The first-order chi connectivity index (χ1) is 14.0. The summed E-state index contributed by atoms with van der Waals surface area (Å²) in [6, 6.07) is 16.6. The zero-order valence-corrected chi connectivity index (χ0v) is 17.9. The Labute approximate surface area is 176 Å². The van der Waals surface area contributed by atoms with E-state index < -0.39 is 6.04 Å². The summed E-state index contributed by atoms with van der Waals surface area (Å²) in [6.07, 6.45) is 1.41. The van der Waals surface area contributed by atoms with Crippen LogP contribution in [0, 0.1) is 0 Å². The molecule has 1 aliphatic rings. The van der Waals surface area contributed by atoms with Crippen molar-refractivity contribution in [2.24, 2.45) is 0 Å². The molecular formula is C23H27NO4S. The highest BCUT2D eigenvalue weighted by molar-refractivity contribution is 8.00. The van der Waals surface area contributed by atoms with E-state index in [1.54, 1.807) is 48.0 Å². The lowest BCUT2D eigenvalue weighted by Crippen LogP contribution is -2.47. The number of hydrogen-bond donors (Lipinski definition) is 0. The van der Waals surface area contributed by atoms with Crippen LogP contribution in [0.5, 0.6) is 5.75 Å². The van der Waals surface area contributed by atoms with E-state index in [1.807, 2.05) is 32.0 Å². The Morgan fingerprint density at radius 3 is 2.41 bits per heavy atom. The molecule has 1 amide bonds. The molecule has 0 aromatic heterocycles. The van der Waals surface area contributed by atoms with Crippen LogP contribution in [0.1, 0.15) is 36.2 Å². The summed E-state index contributed by atoms with van der Waals surface area (Å²) in [7, 11) is 1.59. The average molecular weight is 414 g/mol. The van der Waals surface area contributed by atoms with Gasteiger partial charge in [0.1, 0.15) is 11.8 Å². The van der Waals surface area contributed by atoms with Crippen molar-refractivity contribution in [1.82, 2.24) is 4.90 Å². The number of nitrogens with zero attached hydrogens (tertiary/aromatic N) is 1. The van der Waals surface area contributed by atoms with Crippen molar-refractivity contribution in [3.05, 3.63) is 65.7 Å². The topological polar surface area (TPSA) is 55.8 Å². The van der Waals surface area contributed by atoms with E-state index in [0.717, 1.165) is 12.8 Å². The molecule has 0 aliphatic carbocycles. The molecule has 1 saturated heterocycles. The van der Waals surface area contributed by atoms with Crippen LogP contribution in [0.3, 0.4) is 0 Å². The van der Waals surface area contributed by atoms with Crippen LogP contribution in [-0.2, 0) is 16.0 Å². The van der Waals surface area contributed by atoms with Crippen molar-refractivity contribution in [3.8, 4) is 5.75 Å². The van der Waals surface area contributed by atoms with Crippen LogP contribution in [-0.4, -0.2) is 47.2 Å². The number of methoxy groups -OCH3 is 1. The fourth-order valence-corrected chi connectivity index (χ4v) is 4.76. The summed E-state index contributed by atoms with van der Waals surface area (Å²) < 4.78 is 10.6. The molecule has 5 nitrogen and oxygen atoms in total. The molecule has 0 N–H and O–H groups in total. The first-order valence-corrected chi connectivity index (χ1v) is 10.9. The van der Waals surface area contributed by atoms with Gasteiger partial charge in [0, 0.05) is 11.3 Å². The molecule has 2 atom stereocenters. The van der Waals surface area contributed by atoms with Gasteiger partial charge in [-0.1, -0.05) is 30.3 Å². The van der Waals surface area contributed by atoms with Gasteiger partial charge in [0.05, 0.1) is 18.6 Å². The van der Waals surface area contributed by atoms with Crippen molar-refractivity contribution >= 4 is 23.6 Å². The van der Waals surface area contributed by atoms with Crippen LogP contribution >= 0.6 is 11.8 Å². The van der Waals surface area contributed by atoms with Gasteiger partial charge in [-0.25, -0.2) is 4.79 Å². The number of esters is 1. The monoisotopic (exact) mass is 413 g/mol. The third-order valence-corrected chi connectivity index (χ3v) is 6.17. The van der Waals surface area contributed by atoms with Crippen LogP contribution in [0.4, 0.5) is 0 Å². The van der Waals surface area contributed by atoms with Gasteiger partial charge in [-0.2, -0.15) is 0 Å². The second-order valence-corrected chi connectivity index (χ2v) is 8.47. The summed E-state index contributed by atoms with van der Waals surface area (Å²) in [5.74, 6) is 0.749. The van der Waals surface area contributed by atoms with Crippen LogP contribution in [0.15, 0.2) is 54.6 Å². The number of rotatable bonds is 7. The molecule has 3 rings (SSSR count). The van der Waals surface area contributed by atoms with Gasteiger partial charge < -0.3 is 14.4 Å². The predicted octanol–water partition coefficient (Wildman–Crippen LogP) is 4.16. The standard InChI is InChI=1S/C23H27NO4S/c1-16(2)28-23(26)20-15-29-21(14-9-17-7-5-4-6-8-17)24(20)22(25)18-10-12-19(27-3)13-11-18/h4-8,10-13,16,20-21H,9,14-15H2,1-3H3. The van der Waals surface area contributed by atoms with Crippen molar-refractivity contribution < 1.29 is 19.1 Å². The van der Waals surface area contributed by atoms with Gasteiger partial charge in [0.25, 0.3) is 5.91 Å².